The first-order chi connectivity index (χ1) is 10.0. The van der Waals surface area contributed by atoms with Crippen LogP contribution in [-0.2, 0) is 4.79 Å². The Kier molecular flexibility index (Phi) is 4.66. The number of hydrogen-bond donors (Lipinski definition) is 4. The summed E-state index contributed by atoms with van der Waals surface area (Å²) < 4.78 is 0. The zero-order chi connectivity index (χ0) is 15.4. The standard InChI is InChI=1S/C8H5NO2.C6H12N2O2/c10-7-5-3-1-2-4-6(5)8(11)9-7;7-5-3-8-2-1-4(5)6(9)10/h1-4H,(H,9,10,11);4-5,8H,1-3,7H2,(H,9,10). The predicted octanol–water partition coefficient (Wildman–Crippen LogP) is -0.422. The van der Waals surface area contributed by atoms with E-state index in [0.717, 1.165) is 6.54 Å². The summed E-state index contributed by atoms with van der Waals surface area (Å²) in [4.78, 5) is 32.3. The molecule has 21 heavy (non-hydrogen) atoms. The van der Waals surface area contributed by atoms with Gasteiger partial charge in [-0.05, 0) is 25.1 Å². The fourth-order valence-corrected chi connectivity index (χ4v) is 2.31. The zero-order valence-corrected chi connectivity index (χ0v) is 11.3. The predicted molar refractivity (Wildman–Crippen MR) is 74.8 cm³/mol. The monoisotopic (exact) mass is 291 g/mol. The van der Waals surface area contributed by atoms with E-state index in [1.54, 1.807) is 24.3 Å². The number of benzene rings is 1. The summed E-state index contributed by atoms with van der Waals surface area (Å²) in [5, 5.41) is 13.8. The largest absolute Gasteiger partial charge is 0.481 e. The lowest BCUT2D eigenvalue weighted by Gasteiger charge is -2.25. The molecule has 0 bridgehead atoms. The van der Waals surface area contributed by atoms with Crippen molar-refractivity contribution in [1.82, 2.24) is 10.6 Å². The van der Waals surface area contributed by atoms with Gasteiger partial charge in [-0.1, -0.05) is 12.1 Å². The van der Waals surface area contributed by atoms with Gasteiger partial charge in [0.05, 0.1) is 17.0 Å². The molecule has 0 aliphatic carbocycles. The van der Waals surface area contributed by atoms with Crippen molar-refractivity contribution in [3.8, 4) is 0 Å². The van der Waals surface area contributed by atoms with E-state index >= 15 is 0 Å². The van der Waals surface area contributed by atoms with Crippen molar-refractivity contribution in [2.24, 2.45) is 11.7 Å². The molecule has 112 valence electrons. The number of aliphatic carboxylic acids is 1. The molecule has 7 heteroatoms. The SMILES string of the molecule is NC1CNCCC1C(=O)O.O=C1NC(=O)c2ccccc21. The molecule has 0 aromatic heterocycles. The number of carbonyl (C=O) groups is 3. The molecule has 2 unspecified atom stereocenters. The second-order valence-corrected chi connectivity index (χ2v) is 4.93. The third-order valence-electron chi connectivity index (χ3n) is 3.49. The number of carbonyl (C=O) groups excluding carboxylic acids is 2. The molecule has 1 saturated heterocycles. The molecule has 2 heterocycles. The lowest BCUT2D eigenvalue weighted by molar-refractivity contribution is -0.143. The van der Waals surface area contributed by atoms with E-state index in [9.17, 15) is 14.4 Å². The highest BCUT2D eigenvalue weighted by Crippen LogP contribution is 2.13. The van der Waals surface area contributed by atoms with Crippen LogP contribution in [0.25, 0.3) is 0 Å². The van der Waals surface area contributed by atoms with Gasteiger partial charge in [-0.25, -0.2) is 0 Å². The van der Waals surface area contributed by atoms with Crippen molar-refractivity contribution < 1.29 is 19.5 Å². The van der Waals surface area contributed by atoms with Gasteiger partial charge in [-0.2, -0.15) is 0 Å². The molecule has 3 rings (SSSR count). The highest BCUT2D eigenvalue weighted by atomic mass is 16.4. The van der Waals surface area contributed by atoms with Crippen LogP contribution in [0.1, 0.15) is 27.1 Å². The Morgan fingerprint density at radius 2 is 1.76 bits per heavy atom. The van der Waals surface area contributed by atoms with Crippen LogP contribution >= 0.6 is 0 Å². The van der Waals surface area contributed by atoms with Crippen LogP contribution in [0.2, 0.25) is 0 Å². The third kappa shape index (κ3) is 3.45. The maximum absolute atomic E-state index is 10.9. The molecule has 2 aliphatic rings. The second-order valence-electron chi connectivity index (χ2n) is 4.93. The Labute approximate surface area is 121 Å². The van der Waals surface area contributed by atoms with Crippen LogP contribution < -0.4 is 16.4 Å². The van der Waals surface area contributed by atoms with Crippen molar-refractivity contribution in [2.45, 2.75) is 12.5 Å². The molecule has 0 radical (unpaired) electrons. The molecule has 1 aromatic carbocycles. The number of amides is 2. The van der Waals surface area contributed by atoms with E-state index in [2.05, 4.69) is 10.6 Å². The number of imide groups is 1. The zero-order valence-electron chi connectivity index (χ0n) is 11.3. The maximum atomic E-state index is 10.9. The minimum Gasteiger partial charge on any atom is -0.481 e. The topological polar surface area (TPSA) is 122 Å². The van der Waals surface area contributed by atoms with Gasteiger partial charge in [-0.3, -0.25) is 19.7 Å². The van der Waals surface area contributed by atoms with Crippen molar-refractivity contribution >= 4 is 17.8 Å². The highest BCUT2D eigenvalue weighted by molar-refractivity contribution is 6.21. The minimum absolute atomic E-state index is 0.216. The molecule has 7 nitrogen and oxygen atoms in total. The Bertz CT molecular complexity index is 540. The number of rotatable bonds is 1. The van der Waals surface area contributed by atoms with E-state index in [0.29, 0.717) is 24.1 Å². The fourth-order valence-electron chi connectivity index (χ4n) is 2.31. The van der Waals surface area contributed by atoms with Crippen molar-refractivity contribution in [3.63, 3.8) is 0 Å². The van der Waals surface area contributed by atoms with Gasteiger partial charge in [0.1, 0.15) is 0 Å². The van der Waals surface area contributed by atoms with Gasteiger partial charge in [0.15, 0.2) is 0 Å². The molecule has 2 aliphatic heterocycles. The summed E-state index contributed by atoms with van der Waals surface area (Å²) in [6.45, 7) is 1.39. The fraction of sp³-hybridized carbons (Fsp3) is 0.357. The Hall–Kier alpha value is -2.25. The normalized spacial score (nSPS) is 23.7. The molecule has 2 amide bonds. The summed E-state index contributed by atoms with van der Waals surface area (Å²) >= 11 is 0. The van der Waals surface area contributed by atoms with E-state index in [1.807, 2.05) is 0 Å². The van der Waals surface area contributed by atoms with E-state index in [1.165, 1.54) is 0 Å². The molecule has 1 fully saturated rings. The molecular weight excluding hydrogens is 274 g/mol. The number of fused-ring (bicyclic) bond motifs is 1. The number of carboxylic acid groups (broad SMARTS) is 1. The van der Waals surface area contributed by atoms with Crippen LogP contribution in [0.15, 0.2) is 24.3 Å². The van der Waals surface area contributed by atoms with Gasteiger partial charge in [0.2, 0.25) is 0 Å². The smallest absolute Gasteiger partial charge is 0.308 e. The Morgan fingerprint density at radius 1 is 1.19 bits per heavy atom. The average molecular weight is 291 g/mol. The third-order valence-corrected chi connectivity index (χ3v) is 3.49. The van der Waals surface area contributed by atoms with Crippen LogP contribution in [-0.4, -0.2) is 42.0 Å². The summed E-state index contributed by atoms with van der Waals surface area (Å²) in [6, 6.07) is 6.52. The summed E-state index contributed by atoms with van der Waals surface area (Å²) in [6.07, 6.45) is 0.649. The average Bonchev–Trinajstić information content (AvgIpc) is 2.76. The second kappa shape index (κ2) is 6.47. The first kappa shape index (κ1) is 15.1. The molecular formula is C14H17N3O4. The lowest BCUT2D eigenvalue weighted by Crippen LogP contribution is -2.48. The van der Waals surface area contributed by atoms with Gasteiger partial charge in [-0.15, -0.1) is 0 Å². The minimum atomic E-state index is -0.769. The molecule has 0 saturated carbocycles. The quantitative estimate of drug-likeness (QED) is 0.521. The summed E-state index contributed by atoms with van der Waals surface area (Å²) in [5.74, 6) is -1.72. The van der Waals surface area contributed by atoms with E-state index in [-0.39, 0.29) is 23.8 Å². The van der Waals surface area contributed by atoms with Gasteiger partial charge in [0, 0.05) is 12.6 Å². The van der Waals surface area contributed by atoms with Crippen molar-refractivity contribution in [2.75, 3.05) is 13.1 Å². The van der Waals surface area contributed by atoms with Crippen LogP contribution in [0, 0.1) is 5.92 Å². The highest BCUT2D eigenvalue weighted by Gasteiger charge is 2.27. The van der Waals surface area contributed by atoms with Crippen LogP contribution in [0.5, 0.6) is 0 Å². The van der Waals surface area contributed by atoms with Crippen LogP contribution in [0.4, 0.5) is 0 Å². The van der Waals surface area contributed by atoms with Gasteiger partial charge in [0.25, 0.3) is 11.8 Å². The molecule has 2 atom stereocenters. The summed E-state index contributed by atoms with van der Waals surface area (Å²) in [5.41, 5.74) is 6.48. The van der Waals surface area contributed by atoms with Gasteiger partial charge < -0.3 is 16.2 Å². The first-order valence-electron chi connectivity index (χ1n) is 6.64. The first-order valence-corrected chi connectivity index (χ1v) is 6.64. The van der Waals surface area contributed by atoms with Gasteiger partial charge >= 0.3 is 5.97 Å². The number of carboxylic acids is 1. The number of nitrogens with two attached hydrogens (primary N) is 1. The van der Waals surface area contributed by atoms with Crippen LogP contribution in [0.3, 0.4) is 0 Å². The lowest BCUT2D eigenvalue weighted by atomic mass is 9.94. The Balaban J connectivity index is 0.000000155. The number of nitrogens with one attached hydrogen (secondary N) is 2. The van der Waals surface area contributed by atoms with Crippen molar-refractivity contribution in [3.05, 3.63) is 35.4 Å². The maximum Gasteiger partial charge on any atom is 0.308 e. The van der Waals surface area contributed by atoms with Crippen molar-refractivity contribution in [1.29, 1.82) is 0 Å². The Morgan fingerprint density at radius 3 is 2.19 bits per heavy atom. The number of piperidine rings is 1. The summed E-state index contributed by atoms with van der Waals surface area (Å²) in [7, 11) is 0. The van der Waals surface area contributed by atoms with E-state index < -0.39 is 5.97 Å². The molecule has 0 spiro atoms. The molecule has 5 N–H and O–H groups in total. The van der Waals surface area contributed by atoms with E-state index in [4.69, 9.17) is 10.8 Å². The number of hydrogen-bond acceptors (Lipinski definition) is 5. The molecule has 1 aromatic rings.